The summed E-state index contributed by atoms with van der Waals surface area (Å²) >= 11 is 1.22. The minimum absolute atomic E-state index is 0.109. The number of para-hydroxylation sites is 1. The van der Waals surface area contributed by atoms with Gasteiger partial charge in [-0.1, -0.05) is 60.3 Å². The summed E-state index contributed by atoms with van der Waals surface area (Å²) in [6.07, 6.45) is -0.971. The van der Waals surface area contributed by atoms with Gasteiger partial charge in [0.05, 0.1) is 5.75 Å². The van der Waals surface area contributed by atoms with Gasteiger partial charge in [0, 0.05) is 11.3 Å². The van der Waals surface area contributed by atoms with E-state index in [1.54, 1.807) is 4.57 Å². The number of halogens is 1. The molecule has 1 aromatic heterocycles. The second-order valence-electron chi connectivity index (χ2n) is 6.54. The topological polar surface area (TPSA) is 68.0 Å². The number of hydrogen-bond acceptors (Lipinski definition) is 5. The second-order valence-corrected chi connectivity index (χ2v) is 7.49. The number of thioether (sulfide) groups is 1. The van der Waals surface area contributed by atoms with Gasteiger partial charge in [-0.2, -0.15) is 0 Å². The van der Waals surface area contributed by atoms with Crippen LogP contribution >= 0.6 is 11.8 Å². The minimum Gasteiger partial charge on any atom is -0.380 e. The summed E-state index contributed by atoms with van der Waals surface area (Å²) in [4.78, 5) is 12.5. The van der Waals surface area contributed by atoms with Crippen LogP contribution in [0.4, 0.5) is 4.39 Å². The molecule has 0 saturated carbocycles. The molecular weight excluding hydrogens is 401 g/mol. The molecule has 0 spiro atoms. The Bertz CT molecular complexity index is 1130. The van der Waals surface area contributed by atoms with Crippen LogP contribution in [0, 0.1) is 5.82 Å². The quantitative estimate of drug-likeness (QED) is 0.354. The molecule has 0 bridgehead atoms. The van der Waals surface area contributed by atoms with Gasteiger partial charge in [0.2, 0.25) is 0 Å². The van der Waals surface area contributed by atoms with Crippen LogP contribution in [-0.4, -0.2) is 31.4 Å². The van der Waals surface area contributed by atoms with E-state index in [1.165, 1.54) is 36.0 Å². The van der Waals surface area contributed by atoms with Crippen LogP contribution in [0.2, 0.25) is 0 Å². The Hall–Kier alpha value is -3.29. The summed E-state index contributed by atoms with van der Waals surface area (Å²) in [6, 6.07) is 24.1. The van der Waals surface area contributed by atoms with Gasteiger partial charge in [-0.3, -0.25) is 9.36 Å². The first kappa shape index (κ1) is 20.0. The Kier molecular flexibility index (Phi) is 6.02. The molecule has 5 nitrogen and oxygen atoms in total. The third-order valence-electron chi connectivity index (χ3n) is 4.53. The van der Waals surface area contributed by atoms with Crippen LogP contribution < -0.4 is 0 Å². The second kappa shape index (κ2) is 9.02. The predicted octanol–water partition coefficient (Wildman–Crippen LogP) is 4.46. The fourth-order valence-electron chi connectivity index (χ4n) is 3.01. The molecular formula is C23H18FN3O2S. The van der Waals surface area contributed by atoms with Crippen molar-refractivity contribution in [1.29, 1.82) is 0 Å². The number of carbonyl (C=O) groups excluding carboxylic acids is 1. The summed E-state index contributed by atoms with van der Waals surface area (Å²) in [5, 5.41) is 19.8. The zero-order valence-corrected chi connectivity index (χ0v) is 16.7. The number of carbonyl (C=O) groups is 1. The van der Waals surface area contributed by atoms with E-state index in [-0.39, 0.29) is 17.4 Å². The van der Waals surface area contributed by atoms with Crippen molar-refractivity contribution in [2.45, 2.75) is 11.3 Å². The smallest absolute Gasteiger partial charge is 0.196 e. The van der Waals surface area contributed by atoms with E-state index in [9.17, 15) is 14.3 Å². The van der Waals surface area contributed by atoms with E-state index in [4.69, 9.17) is 0 Å². The zero-order valence-electron chi connectivity index (χ0n) is 15.9. The minimum atomic E-state index is -0.971. The molecule has 1 atom stereocenters. The third kappa shape index (κ3) is 4.32. The van der Waals surface area contributed by atoms with Crippen molar-refractivity contribution >= 4 is 17.5 Å². The van der Waals surface area contributed by atoms with Gasteiger partial charge in [0.25, 0.3) is 0 Å². The number of Topliss-reactive ketones (excluding diaryl/α,β-unsaturated/α-hetero) is 1. The maximum absolute atomic E-state index is 13.1. The number of nitrogens with zero attached hydrogens (tertiary/aromatic N) is 3. The Morgan fingerprint density at radius 1 is 0.933 bits per heavy atom. The normalized spacial score (nSPS) is 11.9. The summed E-state index contributed by atoms with van der Waals surface area (Å²) in [7, 11) is 0. The molecule has 4 rings (SSSR count). The van der Waals surface area contributed by atoms with E-state index in [2.05, 4.69) is 10.2 Å². The van der Waals surface area contributed by atoms with E-state index in [0.717, 1.165) is 5.69 Å². The number of hydrogen-bond donors (Lipinski definition) is 1. The molecule has 0 unspecified atom stereocenters. The number of benzene rings is 3. The lowest BCUT2D eigenvalue weighted by molar-refractivity contribution is 0.102. The summed E-state index contributed by atoms with van der Waals surface area (Å²) < 4.78 is 14.8. The Morgan fingerprint density at radius 2 is 1.57 bits per heavy atom. The predicted molar refractivity (Wildman–Crippen MR) is 113 cm³/mol. The van der Waals surface area contributed by atoms with E-state index >= 15 is 0 Å². The molecule has 3 aromatic carbocycles. The van der Waals surface area contributed by atoms with Gasteiger partial charge in [-0.15, -0.1) is 10.2 Å². The molecule has 0 fully saturated rings. The Morgan fingerprint density at radius 3 is 2.23 bits per heavy atom. The van der Waals surface area contributed by atoms with Crippen LogP contribution in [0.25, 0.3) is 5.69 Å². The molecule has 0 saturated heterocycles. The van der Waals surface area contributed by atoms with Gasteiger partial charge in [0.1, 0.15) is 11.9 Å². The van der Waals surface area contributed by atoms with Crippen molar-refractivity contribution < 1.29 is 14.3 Å². The number of aromatic nitrogens is 3. The van der Waals surface area contributed by atoms with E-state index in [1.807, 2.05) is 60.7 Å². The van der Waals surface area contributed by atoms with Gasteiger partial charge >= 0.3 is 0 Å². The molecule has 30 heavy (non-hydrogen) atoms. The lowest BCUT2D eigenvalue weighted by Gasteiger charge is -2.14. The standard InChI is InChI=1S/C23H18FN3O2S/c24-18-13-11-16(12-14-18)20(28)15-30-23-26-25-22(21(29)17-7-3-1-4-8-17)27(23)19-9-5-2-6-10-19/h1-14,21,29H,15H2/t21-/m1/s1. The van der Waals surface area contributed by atoms with Crippen LogP contribution in [0.1, 0.15) is 27.8 Å². The van der Waals surface area contributed by atoms with E-state index < -0.39 is 6.10 Å². The SMILES string of the molecule is O=C(CSc1nnc([C@H](O)c2ccccc2)n1-c1ccccc1)c1ccc(F)cc1. The Balaban J connectivity index is 1.64. The first-order valence-electron chi connectivity index (χ1n) is 9.29. The molecule has 150 valence electrons. The lowest BCUT2D eigenvalue weighted by Crippen LogP contribution is -2.10. The van der Waals surface area contributed by atoms with Crippen molar-refractivity contribution in [3.63, 3.8) is 0 Å². The Labute approximate surface area is 177 Å². The van der Waals surface area contributed by atoms with Crippen molar-refractivity contribution in [3.05, 3.63) is 108 Å². The van der Waals surface area contributed by atoms with Gasteiger partial charge in [-0.25, -0.2) is 4.39 Å². The highest BCUT2D eigenvalue weighted by molar-refractivity contribution is 7.99. The molecule has 1 heterocycles. The molecule has 0 aliphatic heterocycles. The van der Waals surface area contributed by atoms with Crippen molar-refractivity contribution in [2.24, 2.45) is 0 Å². The van der Waals surface area contributed by atoms with E-state index in [0.29, 0.717) is 22.1 Å². The van der Waals surface area contributed by atoms with Crippen molar-refractivity contribution in [3.8, 4) is 5.69 Å². The lowest BCUT2D eigenvalue weighted by atomic mass is 10.1. The number of aliphatic hydroxyl groups is 1. The number of rotatable bonds is 7. The molecule has 0 amide bonds. The van der Waals surface area contributed by atoms with Gasteiger partial charge < -0.3 is 5.11 Å². The summed E-state index contributed by atoms with van der Waals surface area (Å²) in [5.74, 6) is -0.0580. The zero-order chi connectivity index (χ0) is 20.9. The third-order valence-corrected chi connectivity index (χ3v) is 5.46. The summed E-state index contributed by atoms with van der Waals surface area (Å²) in [5.41, 5.74) is 1.91. The molecule has 0 radical (unpaired) electrons. The fourth-order valence-corrected chi connectivity index (χ4v) is 3.86. The highest BCUT2D eigenvalue weighted by atomic mass is 32.2. The maximum Gasteiger partial charge on any atom is 0.196 e. The van der Waals surface area contributed by atoms with Crippen LogP contribution in [-0.2, 0) is 0 Å². The average molecular weight is 419 g/mol. The van der Waals surface area contributed by atoms with Crippen LogP contribution in [0.5, 0.6) is 0 Å². The monoisotopic (exact) mass is 419 g/mol. The molecule has 4 aromatic rings. The van der Waals surface area contributed by atoms with Crippen LogP contribution in [0.15, 0.2) is 90.1 Å². The molecule has 0 aliphatic carbocycles. The highest BCUT2D eigenvalue weighted by Gasteiger charge is 2.22. The highest BCUT2D eigenvalue weighted by Crippen LogP contribution is 2.28. The largest absolute Gasteiger partial charge is 0.380 e. The van der Waals surface area contributed by atoms with Crippen molar-refractivity contribution in [1.82, 2.24) is 14.8 Å². The first-order valence-corrected chi connectivity index (χ1v) is 10.3. The van der Waals surface area contributed by atoms with Crippen molar-refractivity contribution in [2.75, 3.05) is 5.75 Å². The maximum atomic E-state index is 13.1. The first-order chi connectivity index (χ1) is 14.6. The summed E-state index contributed by atoms with van der Waals surface area (Å²) in [6.45, 7) is 0. The molecule has 7 heteroatoms. The number of ketones is 1. The average Bonchev–Trinajstić information content (AvgIpc) is 3.22. The fraction of sp³-hybridized carbons (Fsp3) is 0.0870. The molecule has 0 aliphatic rings. The number of aliphatic hydroxyl groups excluding tert-OH is 1. The van der Waals surface area contributed by atoms with Crippen LogP contribution in [0.3, 0.4) is 0 Å². The molecule has 1 N–H and O–H groups in total. The van der Waals surface area contributed by atoms with Gasteiger partial charge in [-0.05, 0) is 42.0 Å². The van der Waals surface area contributed by atoms with Gasteiger partial charge in [0.15, 0.2) is 16.8 Å².